The van der Waals surface area contributed by atoms with Crippen LogP contribution in [0, 0.1) is 0 Å². The number of anilines is 2. The van der Waals surface area contributed by atoms with Crippen molar-refractivity contribution in [2.24, 2.45) is 0 Å². The Morgan fingerprint density at radius 1 is 0.968 bits per heavy atom. The summed E-state index contributed by atoms with van der Waals surface area (Å²) in [6, 6.07) is 19.6. The lowest BCUT2D eigenvalue weighted by Gasteiger charge is -2.27. The Bertz CT molecular complexity index is 1100. The molecule has 0 aliphatic carbocycles. The Morgan fingerprint density at radius 2 is 1.81 bits per heavy atom. The van der Waals surface area contributed by atoms with Gasteiger partial charge in [-0.2, -0.15) is 0 Å². The molecule has 0 saturated carbocycles. The molecule has 0 unspecified atom stereocenters. The molecule has 1 heterocycles. The lowest BCUT2D eigenvalue weighted by molar-refractivity contribution is 0.0945. The van der Waals surface area contributed by atoms with E-state index in [1.807, 2.05) is 30.3 Å². The number of nitrogens with zero attached hydrogens (tertiary/aromatic N) is 1. The van der Waals surface area contributed by atoms with Crippen molar-refractivity contribution in [1.82, 2.24) is 5.32 Å². The van der Waals surface area contributed by atoms with E-state index in [2.05, 4.69) is 28.4 Å². The maximum atomic E-state index is 12.3. The van der Waals surface area contributed by atoms with E-state index in [1.165, 1.54) is 5.56 Å². The van der Waals surface area contributed by atoms with Crippen molar-refractivity contribution in [2.45, 2.75) is 19.3 Å². The average molecular weight is 455 g/mol. The summed E-state index contributed by atoms with van der Waals surface area (Å²) in [6.45, 7) is 1.03. The molecule has 0 saturated heterocycles. The molecule has 1 amide bonds. The molecule has 3 aromatic rings. The predicted octanol–water partition coefficient (Wildman–Crippen LogP) is 5.86. The van der Waals surface area contributed by atoms with Crippen LogP contribution in [0.5, 0.6) is 0 Å². The van der Waals surface area contributed by atoms with Crippen molar-refractivity contribution >= 4 is 40.5 Å². The van der Waals surface area contributed by atoms with Crippen molar-refractivity contribution in [3.8, 4) is 11.1 Å². The number of aliphatic hydroxyl groups excluding tert-OH is 1. The van der Waals surface area contributed by atoms with Crippen LogP contribution in [0.25, 0.3) is 11.1 Å². The zero-order chi connectivity index (χ0) is 21.8. The summed E-state index contributed by atoms with van der Waals surface area (Å²) in [5.41, 5.74) is 5.93. The normalized spacial score (nSPS) is 13.5. The van der Waals surface area contributed by atoms with E-state index in [0.717, 1.165) is 48.3 Å². The average Bonchev–Trinajstić information content (AvgIpc) is 2.99. The highest BCUT2D eigenvalue weighted by atomic mass is 35.5. The largest absolute Gasteiger partial charge is 0.395 e. The first kappa shape index (κ1) is 21.7. The van der Waals surface area contributed by atoms with Gasteiger partial charge in [0.1, 0.15) is 0 Å². The Kier molecular flexibility index (Phi) is 6.81. The summed E-state index contributed by atoms with van der Waals surface area (Å²) in [5.74, 6) is -0.194. The first-order valence-corrected chi connectivity index (χ1v) is 11.2. The van der Waals surface area contributed by atoms with E-state index in [1.54, 1.807) is 12.1 Å². The van der Waals surface area contributed by atoms with E-state index >= 15 is 0 Å². The molecule has 4 nitrogen and oxygen atoms in total. The Morgan fingerprint density at radius 3 is 2.61 bits per heavy atom. The van der Waals surface area contributed by atoms with Crippen molar-refractivity contribution in [3.05, 3.63) is 81.8 Å². The van der Waals surface area contributed by atoms with Crippen LogP contribution >= 0.6 is 23.2 Å². The first-order valence-electron chi connectivity index (χ1n) is 10.4. The summed E-state index contributed by atoms with van der Waals surface area (Å²) in [5, 5.41) is 12.9. The van der Waals surface area contributed by atoms with Crippen LogP contribution in [0.1, 0.15) is 28.8 Å². The number of aryl methyl sites for hydroxylation is 1. The monoisotopic (exact) mass is 454 g/mol. The SMILES string of the molecule is O=C(NCCO)c1cccc(-c2ccc3c(c2)N(c2ccc(Cl)cc2Cl)CCCC3)c1. The van der Waals surface area contributed by atoms with Crippen molar-refractivity contribution in [2.75, 3.05) is 24.6 Å². The molecule has 2 N–H and O–H groups in total. The van der Waals surface area contributed by atoms with Crippen molar-refractivity contribution in [3.63, 3.8) is 0 Å². The fourth-order valence-electron chi connectivity index (χ4n) is 3.97. The quantitative estimate of drug-likeness (QED) is 0.507. The van der Waals surface area contributed by atoms with E-state index < -0.39 is 0 Å². The molecule has 3 aromatic carbocycles. The second-order valence-electron chi connectivity index (χ2n) is 7.61. The summed E-state index contributed by atoms with van der Waals surface area (Å²) < 4.78 is 0. The molecule has 0 spiro atoms. The number of aliphatic hydroxyl groups is 1. The van der Waals surface area contributed by atoms with Crippen LogP contribution < -0.4 is 10.2 Å². The second kappa shape index (κ2) is 9.73. The Hall–Kier alpha value is -2.53. The number of rotatable bonds is 5. The van der Waals surface area contributed by atoms with Gasteiger partial charge in [-0.05, 0) is 72.4 Å². The molecule has 0 radical (unpaired) electrons. The minimum Gasteiger partial charge on any atom is -0.395 e. The van der Waals surface area contributed by atoms with E-state index in [-0.39, 0.29) is 19.1 Å². The van der Waals surface area contributed by atoms with Crippen LogP contribution in [-0.2, 0) is 6.42 Å². The number of halogens is 2. The molecule has 0 bridgehead atoms. The fourth-order valence-corrected chi connectivity index (χ4v) is 4.48. The van der Waals surface area contributed by atoms with E-state index in [9.17, 15) is 4.79 Å². The zero-order valence-corrected chi connectivity index (χ0v) is 18.6. The summed E-state index contributed by atoms with van der Waals surface area (Å²) in [6.07, 6.45) is 3.21. The van der Waals surface area contributed by atoms with Gasteiger partial charge in [0.25, 0.3) is 5.91 Å². The van der Waals surface area contributed by atoms with Crippen LogP contribution in [-0.4, -0.2) is 30.7 Å². The smallest absolute Gasteiger partial charge is 0.251 e. The maximum Gasteiger partial charge on any atom is 0.251 e. The topological polar surface area (TPSA) is 52.6 Å². The minimum absolute atomic E-state index is 0.0840. The molecular weight excluding hydrogens is 431 g/mol. The minimum atomic E-state index is -0.194. The molecule has 1 aliphatic heterocycles. The van der Waals surface area contributed by atoms with Gasteiger partial charge < -0.3 is 15.3 Å². The van der Waals surface area contributed by atoms with Gasteiger partial charge in [0.15, 0.2) is 0 Å². The lowest BCUT2D eigenvalue weighted by atomic mass is 9.98. The van der Waals surface area contributed by atoms with Gasteiger partial charge in [0, 0.05) is 29.4 Å². The number of carbonyl (C=O) groups is 1. The van der Waals surface area contributed by atoms with Gasteiger partial charge in [-0.1, -0.05) is 47.5 Å². The third-order valence-electron chi connectivity index (χ3n) is 5.51. The van der Waals surface area contributed by atoms with Crippen molar-refractivity contribution < 1.29 is 9.90 Å². The molecular formula is C25H24Cl2N2O2. The van der Waals surface area contributed by atoms with Gasteiger partial charge in [-0.25, -0.2) is 0 Å². The van der Waals surface area contributed by atoms with E-state index in [0.29, 0.717) is 15.6 Å². The zero-order valence-electron chi connectivity index (χ0n) is 17.1. The first-order chi connectivity index (χ1) is 15.1. The molecule has 0 aromatic heterocycles. The Balaban J connectivity index is 1.73. The number of amides is 1. The van der Waals surface area contributed by atoms with Crippen LogP contribution in [0.2, 0.25) is 10.0 Å². The fraction of sp³-hybridized carbons (Fsp3) is 0.240. The number of fused-ring (bicyclic) bond motifs is 1. The summed E-state index contributed by atoms with van der Waals surface area (Å²) in [4.78, 5) is 14.6. The summed E-state index contributed by atoms with van der Waals surface area (Å²) in [7, 11) is 0. The number of hydrogen-bond acceptors (Lipinski definition) is 3. The van der Waals surface area contributed by atoms with Crippen LogP contribution in [0.4, 0.5) is 11.4 Å². The van der Waals surface area contributed by atoms with Gasteiger partial charge in [-0.15, -0.1) is 0 Å². The molecule has 4 rings (SSSR count). The van der Waals surface area contributed by atoms with Gasteiger partial charge >= 0.3 is 0 Å². The van der Waals surface area contributed by atoms with Gasteiger partial charge in [0.2, 0.25) is 0 Å². The molecule has 160 valence electrons. The highest BCUT2D eigenvalue weighted by molar-refractivity contribution is 6.36. The van der Waals surface area contributed by atoms with Gasteiger partial charge in [0.05, 0.1) is 17.3 Å². The Labute approximate surface area is 192 Å². The molecule has 0 atom stereocenters. The summed E-state index contributed by atoms with van der Waals surface area (Å²) >= 11 is 12.7. The number of carbonyl (C=O) groups excluding carboxylic acids is 1. The van der Waals surface area contributed by atoms with E-state index in [4.69, 9.17) is 28.3 Å². The standard InChI is InChI=1S/C25H24Cl2N2O2/c26-21-9-10-23(22(27)16-21)29-12-2-1-4-17-7-8-19(15-24(17)29)18-5-3-6-20(14-18)25(31)28-11-13-30/h3,5-10,14-16,30H,1-2,4,11-13H2,(H,28,31). The second-order valence-corrected chi connectivity index (χ2v) is 8.45. The third kappa shape index (κ3) is 4.87. The predicted molar refractivity (Wildman–Crippen MR) is 128 cm³/mol. The van der Waals surface area contributed by atoms with Gasteiger partial charge in [-0.3, -0.25) is 4.79 Å². The lowest BCUT2D eigenvalue weighted by Crippen LogP contribution is -2.26. The highest BCUT2D eigenvalue weighted by Gasteiger charge is 2.20. The highest BCUT2D eigenvalue weighted by Crippen LogP contribution is 2.39. The third-order valence-corrected chi connectivity index (χ3v) is 6.05. The van der Waals surface area contributed by atoms with Crippen LogP contribution in [0.3, 0.4) is 0 Å². The number of nitrogens with one attached hydrogen (secondary N) is 1. The molecule has 0 fully saturated rings. The molecule has 1 aliphatic rings. The maximum absolute atomic E-state index is 12.3. The van der Waals surface area contributed by atoms with Crippen LogP contribution in [0.15, 0.2) is 60.7 Å². The number of benzene rings is 3. The van der Waals surface area contributed by atoms with Crippen molar-refractivity contribution in [1.29, 1.82) is 0 Å². The number of hydrogen-bond donors (Lipinski definition) is 2. The molecule has 6 heteroatoms. The molecule has 31 heavy (non-hydrogen) atoms.